The molecule has 1 atom stereocenters. The lowest BCUT2D eigenvalue weighted by molar-refractivity contribution is -0.139. The molecule has 2 aromatic carbocycles. The van der Waals surface area contributed by atoms with Crippen LogP contribution in [0, 0.1) is 6.92 Å². The molecule has 7 nitrogen and oxygen atoms in total. The van der Waals surface area contributed by atoms with E-state index in [9.17, 15) is 14.7 Å². The number of benzene rings is 2. The highest BCUT2D eigenvalue weighted by Gasteiger charge is 2.45. The summed E-state index contributed by atoms with van der Waals surface area (Å²) in [6.45, 7) is 5.26. The van der Waals surface area contributed by atoms with Gasteiger partial charge >= 0.3 is 0 Å². The van der Waals surface area contributed by atoms with Crippen molar-refractivity contribution >= 4 is 29.1 Å². The van der Waals surface area contributed by atoms with Crippen molar-refractivity contribution in [2.45, 2.75) is 32.9 Å². The van der Waals surface area contributed by atoms with Gasteiger partial charge in [-0.2, -0.15) is 0 Å². The minimum Gasteiger partial charge on any atom is -0.507 e. The van der Waals surface area contributed by atoms with E-state index in [1.54, 1.807) is 30.7 Å². The van der Waals surface area contributed by atoms with Crippen molar-refractivity contribution < 1.29 is 19.4 Å². The summed E-state index contributed by atoms with van der Waals surface area (Å²) >= 11 is 6.31. The molecule has 8 heteroatoms. The number of nitrogens with zero attached hydrogens (tertiary/aromatic N) is 3. The van der Waals surface area contributed by atoms with E-state index in [-0.39, 0.29) is 11.3 Å². The highest BCUT2D eigenvalue weighted by molar-refractivity contribution is 6.46. The molecule has 1 N–H and O–H groups in total. The van der Waals surface area contributed by atoms with E-state index in [2.05, 4.69) is 4.98 Å². The molecule has 1 aliphatic heterocycles. The average molecular weight is 480 g/mol. The molecule has 2 heterocycles. The van der Waals surface area contributed by atoms with Crippen molar-refractivity contribution in [1.29, 1.82) is 0 Å². The Labute approximate surface area is 203 Å². The summed E-state index contributed by atoms with van der Waals surface area (Å²) in [5.41, 5.74) is 2.21. The van der Waals surface area contributed by atoms with Gasteiger partial charge in [-0.25, -0.2) is 4.98 Å². The van der Waals surface area contributed by atoms with Crippen LogP contribution in [-0.2, 0) is 16.1 Å². The largest absolute Gasteiger partial charge is 0.507 e. The zero-order chi connectivity index (χ0) is 24.2. The lowest BCUT2D eigenvalue weighted by atomic mass is 9.94. The van der Waals surface area contributed by atoms with E-state index < -0.39 is 17.7 Å². The first-order valence-electron chi connectivity index (χ1n) is 11.1. The summed E-state index contributed by atoms with van der Waals surface area (Å²) in [5, 5.41) is 11.5. The number of carbonyl (C=O) groups excluding carboxylic acids is 2. The normalized spacial score (nSPS) is 17.4. The molecule has 0 spiro atoms. The number of aliphatic hydroxyl groups is 1. The molecule has 0 aliphatic carbocycles. The number of carbonyl (C=O) groups is 2. The van der Waals surface area contributed by atoms with E-state index >= 15 is 0 Å². The molecule has 0 saturated carbocycles. The van der Waals surface area contributed by atoms with E-state index in [0.29, 0.717) is 42.5 Å². The Morgan fingerprint density at radius 2 is 1.91 bits per heavy atom. The van der Waals surface area contributed by atoms with Gasteiger partial charge in [0.25, 0.3) is 11.7 Å². The molecule has 1 aliphatic rings. The second-order valence-electron chi connectivity index (χ2n) is 8.14. The summed E-state index contributed by atoms with van der Waals surface area (Å²) in [5.74, 6) is -1.12. The number of halogens is 1. The van der Waals surface area contributed by atoms with E-state index in [1.165, 1.54) is 4.90 Å². The van der Waals surface area contributed by atoms with Crippen LogP contribution in [0.2, 0.25) is 5.02 Å². The highest BCUT2D eigenvalue weighted by Crippen LogP contribution is 2.40. The molecule has 0 unspecified atom stereocenters. The van der Waals surface area contributed by atoms with Crippen LogP contribution in [0.25, 0.3) is 5.76 Å². The first-order chi connectivity index (χ1) is 16.4. The number of aliphatic hydroxyl groups excluding tert-OH is 1. The number of rotatable bonds is 8. The second-order valence-corrected chi connectivity index (χ2v) is 8.54. The van der Waals surface area contributed by atoms with Crippen molar-refractivity contribution in [3.8, 4) is 5.75 Å². The third-order valence-corrected chi connectivity index (χ3v) is 6.11. The van der Waals surface area contributed by atoms with Crippen LogP contribution in [0.3, 0.4) is 0 Å². The van der Waals surface area contributed by atoms with Gasteiger partial charge < -0.3 is 19.3 Å². The van der Waals surface area contributed by atoms with Crippen LogP contribution >= 0.6 is 11.6 Å². The molecule has 4 rings (SSSR count). The van der Waals surface area contributed by atoms with Crippen molar-refractivity contribution in [1.82, 2.24) is 14.5 Å². The van der Waals surface area contributed by atoms with Crippen molar-refractivity contribution in [2.24, 2.45) is 0 Å². The number of likely N-dealkylation sites (tertiary alicyclic amines) is 1. The fraction of sp³-hybridized carbons (Fsp3) is 0.269. The number of imidazole rings is 1. The number of ether oxygens (including phenoxy) is 1. The first kappa shape index (κ1) is 23.6. The Kier molecular flexibility index (Phi) is 7.03. The summed E-state index contributed by atoms with van der Waals surface area (Å²) in [6, 6.07) is 11.7. The van der Waals surface area contributed by atoms with Crippen LogP contribution < -0.4 is 4.74 Å². The predicted molar refractivity (Wildman–Crippen MR) is 130 cm³/mol. The van der Waals surface area contributed by atoms with E-state index in [1.807, 2.05) is 48.9 Å². The summed E-state index contributed by atoms with van der Waals surface area (Å²) in [6.07, 6.45) is 5.88. The first-order valence-corrected chi connectivity index (χ1v) is 11.5. The molecule has 1 fully saturated rings. The third kappa shape index (κ3) is 4.70. The zero-order valence-electron chi connectivity index (χ0n) is 19.1. The Balaban J connectivity index is 1.73. The second kappa shape index (κ2) is 10.1. The Bertz CT molecular complexity index is 1220. The third-order valence-electron chi connectivity index (χ3n) is 5.81. The lowest BCUT2D eigenvalue weighted by Gasteiger charge is -2.25. The Morgan fingerprint density at radius 3 is 2.56 bits per heavy atom. The molecule has 1 amide bonds. The maximum absolute atomic E-state index is 13.1. The van der Waals surface area contributed by atoms with Gasteiger partial charge in [-0.1, -0.05) is 41.4 Å². The minimum atomic E-state index is -0.712. The molecular formula is C26H26ClN3O4. The maximum Gasteiger partial charge on any atom is 0.295 e. The number of Topliss-reactive ketones (excluding diaryl/α,β-unsaturated/α-hetero) is 1. The number of aromatic nitrogens is 2. The molecule has 0 radical (unpaired) electrons. The lowest BCUT2D eigenvalue weighted by Crippen LogP contribution is -2.31. The summed E-state index contributed by atoms with van der Waals surface area (Å²) in [7, 11) is 0. The smallest absolute Gasteiger partial charge is 0.295 e. The van der Waals surface area contributed by atoms with Gasteiger partial charge in [0.1, 0.15) is 11.5 Å². The van der Waals surface area contributed by atoms with Gasteiger partial charge in [0.05, 0.1) is 29.6 Å². The molecule has 1 saturated heterocycles. The predicted octanol–water partition coefficient (Wildman–Crippen LogP) is 4.76. The minimum absolute atomic E-state index is 0.0525. The standard InChI is InChI=1S/C26H26ClN3O4/c1-3-34-21-10-9-19(15-20(21)27)24(31)22-23(18-7-5-17(2)6-8-18)30(26(33)25(22)32)13-4-12-29-14-11-28-16-29/h5-11,14-16,23,31H,3-4,12-13H2,1-2H3/t23-/m0/s1. The number of hydrogen-bond donors (Lipinski definition) is 1. The Hall–Kier alpha value is -3.58. The van der Waals surface area contributed by atoms with Crippen LogP contribution in [0.5, 0.6) is 5.75 Å². The quantitative estimate of drug-likeness (QED) is 0.286. The van der Waals surface area contributed by atoms with E-state index in [4.69, 9.17) is 16.3 Å². The van der Waals surface area contributed by atoms with Gasteiger partial charge in [0, 0.05) is 31.0 Å². The number of ketones is 1. The van der Waals surface area contributed by atoms with Crippen LogP contribution in [0.4, 0.5) is 0 Å². The fourth-order valence-corrected chi connectivity index (χ4v) is 4.36. The van der Waals surface area contributed by atoms with Crippen LogP contribution in [0.1, 0.15) is 36.1 Å². The van der Waals surface area contributed by atoms with Gasteiger partial charge in [0.2, 0.25) is 0 Å². The topological polar surface area (TPSA) is 84.7 Å². The molecule has 0 bridgehead atoms. The number of amides is 1. The Morgan fingerprint density at radius 1 is 1.15 bits per heavy atom. The van der Waals surface area contributed by atoms with Gasteiger partial charge in [0.15, 0.2) is 0 Å². The van der Waals surface area contributed by atoms with Crippen LogP contribution in [0.15, 0.2) is 66.8 Å². The molecule has 1 aromatic heterocycles. The van der Waals surface area contributed by atoms with E-state index in [0.717, 1.165) is 11.1 Å². The van der Waals surface area contributed by atoms with Crippen molar-refractivity contribution in [3.05, 3.63) is 88.5 Å². The number of aryl methyl sites for hydroxylation is 2. The highest BCUT2D eigenvalue weighted by atomic mass is 35.5. The summed E-state index contributed by atoms with van der Waals surface area (Å²) < 4.78 is 7.38. The molecule has 176 valence electrons. The number of hydrogen-bond acceptors (Lipinski definition) is 5. The zero-order valence-corrected chi connectivity index (χ0v) is 19.8. The fourth-order valence-electron chi connectivity index (χ4n) is 4.12. The van der Waals surface area contributed by atoms with Crippen molar-refractivity contribution in [3.63, 3.8) is 0 Å². The maximum atomic E-state index is 13.1. The van der Waals surface area contributed by atoms with Crippen molar-refractivity contribution in [2.75, 3.05) is 13.2 Å². The molecular weight excluding hydrogens is 454 g/mol. The SMILES string of the molecule is CCOc1ccc(C(O)=C2C(=O)C(=O)N(CCCn3ccnc3)[C@H]2c2ccc(C)cc2)cc1Cl. The van der Waals surface area contributed by atoms with Crippen LogP contribution in [-0.4, -0.2) is 44.4 Å². The molecule has 3 aromatic rings. The summed E-state index contributed by atoms with van der Waals surface area (Å²) in [4.78, 5) is 31.8. The van der Waals surface area contributed by atoms with Gasteiger partial charge in [-0.3, -0.25) is 9.59 Å². The van der Waals surface area contributed by atoms with Gasteiger partial charge in [-0.05, 0) is 44.0 Å². The average Bonchev–Trinajstić information content (AvgIpc) is 3.43. The monoisotopic (exact) mass is 479 g/mol. The molecule has 34 heavy (non-hydrogen) atoms. The van der Waals surface area contributed by atoms with Gasteiger partial charge in [-0.15, -0.1) is 0 Å².